The third kappa shape index (κ3) is 3.01. The van der Waals surface area contributed by atoms with E-state index in [1.807, 2.05) is 13.8 Å². The van der Waals surface area contributed by atoms with Gasteiger partial charge in [0.05, 0.1) is 16.6 Å². The second-order valence-corrected chi connectivity index (χ2v) is 9.58. The van der Waals surface area contributed by atoms with Gasteiger partial charge in [-0.2, -0.15) is 0 Å². The number of nitrogens with one attached hydrogen (secondary N) is 1. The van der Waals surface area contributed by atoms with E-state index in [0.29, 0.717) is 48.3 Å². The van der Waals surface area contributed by atoms with Crippen LogP contribution in [-0.4, -0.2) is 36.9 Å². The van der Waals surface area contributed by atoms with Crippen LogP contribution in [0.15, 0.2) is 36.9 Å². The zero-order valence-corrected chi connectivity index (χ0v) is 19.1. The Hall–Kier alpha value is -3.22. The van der Waals surface area contributed by atoms with E-state index in [1.165, 1.54) is 23.1 Å². The number of carbonyl (C=O) groups is 2. The van der Waals surface area contributed by atoms with Crippen LogP contribution in [0.4, 0.5) is 20.2 Å². The fourth-order valence-electron chi connectivity index (χ4n) is 5.67. The topological polar surface area (TPSA) is 52.7 Å². The number of amides is 2. The molecule has 0 aromatic heterocycles. The molecule has 2 aromatic carbocycles. The van der Waals surface area contributed by atoms with Crippen LogP contribution < -0.4 is 10.2 Å². The highest BCUT2D eigenvalue weighted by Crippen LogP contribution is 2.58. The molecule has 2 amide bonds. The first-order valence-electron chi connectivity index (χ1n) is 11.2. The minimum absolute atomic E-state index is 0.0764. The van der Waals surface area contributed by atoms with Crippen molar-refractivity contribution in [3.8, 4) is 0 Å². The molecule has 1 aliphatic carbocycles. The quantitative estimate of drug-likeness (QED) is 0.705. The molecule has 2 aromatic rings. The molecule has 0 bridgehead atoms. The summed E-state index contributed by atoms with van der Waals surface area (Å²) < 4.78 is 30.6. The average molecular weight is 452 g/mol. The zero-order valence-electron chi connectivity index (χ0n) is 19.1. The van der Waals surface area contributed by atoms with Crippen molar-refractivity contribution >= 4 is 23.2 Å². The average Bonchev–Trinajstić information content (AvgIpc) is 3.43. The maximum atomic E-state index is 15.3. The van der Waals surface area contributed by atoms with Crippen LogP contribution in [0, 0.1) is 25.5 Å². The van der Waals surface area contributed by atoms with Gasteiger partial charge < -0.3 is 15.1 Å². The maximum Gasteiger partial charge on any atom is 0.246 e. The number of anilines is 2. The van der Waals surface area contributed by atoms with Crippen molar-refractivity contribution in [1.82, 2.24) is 4.90 Å². The Bertz CT molecular complexity index is 1220. The molecular weight excluding hydrogens is 424 g/mol. The van der Waals surface area contributed by atoms with Gasteiger partial charge in [-0.3, -0.25) is 9.59 Å². The number of halogens is 2. The molecule has 0 unspecified atom stereocenters. The van der Waals surface area contributed by atoms with E-state index in [2.05, 4.69) is 11.9 Å². The molecule has 7 heteroatoms. The van der Waals surface area contributed by atoms with Gasteiger partial charge in [0.1, 0.15) is 11.6 Å². The summed E-state index contributed by atoms with van der Waals surface area (Å²) in [4.78, 5) is 28.3. The van der Waals surface area contributed by atoms with Crippen molar-refractivity contribution in [2.45, 2.75) is 44.1 Å². The van der Waals surface area contributed by atoms with E-state index in [1.54, 1.807) is 24.1 Å². The second kappa shape index (κ2) is 7.14. The fourth-order valence-corrected chi connectivity index (χ4v) is 5.67. The summed E-state index contributed by atoms with van der Waals surface area (Å²) in [6, 6.07) is 6.33. The lowest BCUT2D eigenvalue weighted by atomic mass is 9.83. The van der Waals surface area contributed by atoms with Crippen LogP contribution in [0.25, 0.3) is 0 Å². The number of benzene rings is 2. The number of likely N-dealkylation sites (N-methyl/N-ethyl adjacent to an activating group) is 1. The molecule has 2 heterocycles. The third-order valence-electron chi connectivity index (χ3n) is 7.68. The van der Waals surface area contributed by atoms with E-state index in [-0.39, 0.29) is 24.2 Å². The van der Waals surface area contributed by atoms with Crippen LogP contribution in [-0.2, 0) is 20.5 Å². The number of hydrogen-bond acceptors (Lipinski definition) is 3. The summed E-state index contributed by atoms with van der Waals surface area (Å²) in [5.74, 6) is -1.11. The van der Waals surface area contributed by atoms with Gasteiger partial charge in [-0.15, -0.1) is 0 Å². The van der Waals surface area contributed by atoms with Crippen molar-refractivity contribution < 1.29 is 18.4 Å². The number of likely N-dealkylation sites (tertiary alicyclic amines) is 1. The van der Waals surface area contributed by atoms with Gasteiger partial charge in [-0.25, -0.2) is 8.78 Å². The summed E-state index contributed by atoms with van der Waals surface area (Å²) in [6.45, 7) is 7.98. The van der Waals surface area contributed by atoms with E-state index in [4.69, 9.17) is 0 Å². The standard InChI is InChI=1S/C26H27F2N3O2/c1-5-21(32)31-11-10-26(14-31,22-16(3)15(2)6-7-18(22)27)29-17-12-19(28)23-20(13-17)30(4)24(33)25(23)8-9-25/h5-7,12-13,29H,1,8-11,14H2,2-4H3/t26-/m0/s1. The fraction of sp³-hybridized carbons (Fsp3) is 0.385. The van der Waals surface area contributed by atoms with Crippen molar-refractivity contribution in [2.24, 2.45) is 0 Å². The summed E-state index contributed by atoms with van der Waals surface area (Å²) in [5, 5.41) is 3.40. The summed E-state index contributed by atoms with van der Waals surface area (Å²) in [6.07, 6.45) is 3.01. The molecule has 5 rings (SSSR count). The summed E-state index contributed by atoms with van der Waals surface area (Å²) in [7, 11) is 1.66. The Labute approximate surface area is 192 Å². The molecule has 33 heavy (non-hydrogen) atoms. The number of carbonyl (C=O) groups excluding carboxylic acids is 2. The Morgan fingerprint density at radius 1 is 1.12 bits per heavy atom. The Balaban J connectivity index is 1.62. The predicted molar refractivity (Wildman–Crippen MR) is 123 cm³/mol. The highest BCUT2D eigenvalue weighted by Gasteiger charge is 2.60. The van der Waals surface area contributed by atoms with Crippen molar-refractivity contribution in [3.63, 3.8) is 0 Å². The normalized spacial score (nSPS) is 22.6. The Morgan fingerprint density at radius 2 is 1.85 bits per heavy atom. The molecule has 1 saturated heterocycles. The highest BCUT2D eigenvalue weighted by molar-refractivity contribution is 6.10. The lowest BCUT2D eigenvalue weighted by Crippen LogP contribution is -2.41. The zero-order chi connectivity index (χ0) is 23.7. The molecule has 3 aliphatic rings. The van der Waals surface area contributed by atoms with E-state index in [9.17, 15) is 9.59 Å². The van der Waals surface area contributed by atoms with Gasteiger partial charge in [0.15, 0.2) is 0 Å². The SMILES string of the molecule is C=CC(=O)N1CC[C@@](Nc2cc(F)c3c(c2)N(C)C(=O)C32CC2)(c2c(F)ccc(C)c2C)C1. The summed E-state index contributed by atoms with van der Waals surface area (Å²) >= 11 is 0. The van der Waals surface area contributed by atoms with Crippen LogP contribution in [0.2, 0.25) is 0 Å². The molecule has 1 spiro atoms. The number of rotatable bonds is 4. The Morgan fingerprint density at radius 3 is 2.52 bits per heavy atom. The Kier molecular flexibility index (Phi) is 4.68. The van der Waals surface area contributed by atoms with Crippen molar-refractivity contribution in [2.75, 3.05) is 30.4 Å². The van der Waals surface area contributed by atoms with Crippen LogP contribution >= 0.6 is 0 Å². The number of fused-ring (bicyclic) bond motifs is 2. The lowest BCUT2D eigenvalue weighted by Gasteiger charge is -2.34. The predicted octanol–water partition coefficient (Wildman–Crippen LogP) is 4.32. The van der Waals surface area contributed by atoms with Gasteiger partial charge in [-0.05, 0) is 68.5 Å². The number of aryl methyl sites for hydroxylation is 1. The van der Waals surface area contributed by atoms with E-state index < -0.39 is 16.8 Å². The molecule has 5 nitrogen and oxygen atoms in total. The molecular formula is C26H27F2N3O2. The molecule has 1 N–H and O–H groups in total. The highest BCUT2D eigenvalue weighted by atomic mass is 19.1. The second-order valence-electron chi connectivity index (χ2n) is 9.58. The molecule has 2 fully saturated rings. The van der Waals surface area contributed by atoms with Gasteiger partial charge in [0, 0.05) is 37.0 Å². The molecule has 1 saturated carbocycles. The van der Waals surface area contributed by atoms with Gasteiger partial charge in [-0.1, -0.05) is 12.6 Å². The monoisotopic (exact) mass is 451 g/mol. The lowest BCUT2D eigenvalue weighted by molar-refractivity contribution is -0.125. The smallest absolute Gasteiger partial charge is 0.246 e. The van der Waals surface area contributed by atoms with Crippen LogP contribution in [0.3, 0.4) is 0 Å². The maximum absolute atomic E-state index is 15.3. The first-order chi connectivity index (χ1) is 15.6. The van der Waals surface area contributed by atoms with E-state index in [0.717, 1.165) is 11.1 Å². The van der Waals surface area contributed by atoms with Crippen molar-refractivity contribution in [3.05, 3.63) is 70.8 Å². The van der Waals surface area contributed by atoms with E-state index >= 15 is 8.78 Å². The van der Waals surface area contributed by atoms with Crippen LogP contribution in [0.5, 0.6) is 0 Å². The largest absolute Gasteiger partial charge is 0.373 e. The summed E-state index contributed by atoms with van der Waals surface area (Å²) in [5.41, 5.74) is 2.00. The van der Waals surface area contributed by atoms with Crippen molar-refractivity contribution in [1.29, 1.82) is 0 Å². The third-order valence-corrected chi connectivity index (χ3v) is 7.68. The molecule has 1 atom stereocenters. The van der Waals surface area contributed by atoms with Crippen LogP contribution in [0.1, 0.15) is 41.5 Å². The molecule has 0 radical (unpaired) electrons. The minimum atomic E-state index is -0.946. The molecule has 2 aliphatic heterocycles. The van der Waals surface area contributed by atoms with Gasteiger partial charge >= 0.3 is 0 Å². The van der Waals surface area contributed by atoms with Gasteiger partial charge in [0.2, 0.25) is 11.8 Å². The first kappa shape index (κ1) is 21.6. The number of hydrogen-bond donors (Lipinski definition) is 1. The molecule has 172 valence electrons. The minimum Gasteiger partial charge on any atom is -0.373 e. The van der Waals surface area contributed by atoms with Gasteiger partial charge in [0.25, 0.3) is 0 Å². The number of nitrogens with zero attached hydrogens (tertiary/aromatic N) is 2. The first-order valence-corrected chi connectivity index (χ1v) is 11.2.